The number of carbonyl (C=O) groups is 1. The zero-order valence-electron chi connectivity index (χ0n) is 17.3. The van der Waals surface area contributed by atoms with Gasteiger partial charge in [-0.1, -0.05) is 0 Å². The molecule has 4 rings (SSSR count). The smallest absolute Gasteiger partial charge is 0.362 e. The lowest BCUT2D eigenvalue weighted by Gasteiger charge is -2.03. The number of aromatic nitrogens is 3. The molecule has 168 valence electrons. The Morgan fingerprint density at radius 3 is 2.58 bits per heavy atom. The Bertz CT molecular complexity index is 1280. The van der Waals surface area contributed by atoms with Crippen LogP contribution in [0.5, 0.6) is 5.75 Å². The van der Waals surface area contributed by atoms with Crippen molar-refractivity contribution in [2.45, 2.75) is 13.5 Å². The Hall–Kier alpha value is -4.54. The Morgan fingerprint density at radius 1 is 1.18 bits per heavy atom. The van der Waals surface area contributed by atoms with Crippen LogP contribution in [0.1, 0.15) is 23.1 Å². The summed E-state index contributed by atoms with van der Waals surface area (Å²) in [6, 6.07) is 11.3. The molecule has 0 aliphatic rings. The molecule has 0 saturated heterocycles. The third kappa shape index (κ3) is 4.87. The van der Waals surface area contributed by atoms with Crippen molar-refractivity contribution in [1.29, 1.82) is 0 Å². The van der Waals surface area contributed by atoms with Crippen molar-refractivity contribution in [1.82, 2.24) is 14.8 Å². The van der Waals surface area contributed by atoms with Gasteiger partial charge in [0, 0.05) is 17.7 Å². The molecule has 0 aliphatic carbocycles. The Morgan fingerprint density at radius 2 is 1.91 bits per heavy atom. The Kier molecular flexibility index (Phi) is 6.11. The number of rotatable bonds is 8. The van der Waals surface area contributed by atoms with Crippen molar-refractivity contribution in [2.24, 2.45) is 0 Å². The minimum absolute atomic E-state index is 0.0386. The maximum absolute atomic E-state index is 13.1. The van der Waals surface area contributed by atoms with Gasteiger partial charge in [-0.25, -0.2) is 18.9 Å². The minimum atomic E-state index is -0.680. The van der Waals surface area contributed by atoms with E-state index in [0.717, 1.165) is 0 Å². The number of ether oxygens (including phenoxy) is 2. The summed E-state index contributed by atoms with van der Waals surface area (Å²) in [6.45, 7) is 1.77. The zero-order chi connectivity index (χ0) is 23.4. The molecule has 11 heteroatoms. The highest BCUT2D eigenvalue weighted by Crippen LogP contribution is 2.24. The molecule has 0 aliphatic heterocycles. The van der Waals surface area contributed by atoms with Gasteiger partial charge < -0.3 is 13.9 Å². The molecule has 0 bridgehead atoms. The second-order valence-corrected chi connectivity index (χ2v) is 6.72. The summed E-state index contributed by atoms with van der Waals surface area (Å²) < 4.78 is 30.7. The van der Waals surface area contributed by atoms with Crippen LogP contribution < -0.4 is 4.74 Å². The summed E-state index contributed by atoms with van der Waals surface area (Å²) in [4.78, 5) is 27.0. The highest BCUT2D eigenvalue weighted by atomic mass is 19.1. The monoisotopic (exact) mass is 452 g/mol. The fourth-order valence-electron chi connectivity index (χ4n) is 2.91. The van der Waals surface area contributed by atoms with Crippen molar-refractivity contribution in [3.8, 4) is 22.9 Å². The molecule has 0 amide bonds. The molecular weight excluding hydrogens is 435 g/mol. The first-order valence-electron chi connectivity index (χ1n) is 9.79. The van der Waals surface area contributed by atoms with Crippen molar-refractivity contribution in [3.05, 3.63) is 88.3 Å². The van der Waals surface area contributed by atoms with Gasteiger partial charge in [0.15, 0.2) is 5.75 Å². The van der Waals surface area contributed by atoms with E-state index in [2.05, 4.69) is 10.1 Å². The van der Waals surface area contributed by atoms with Gasteiger partial charge >= 0.3 is 5.97 Å². The second-order valence-electron chi connectivity index (χ2n) is 6.72. The van der Waals surface area contributed by atoms with Crippen LogP contribution in [0.15, 0.2) is 65.4 Å². The molecular formula is C22H17FN4O6. The maximum atomic E-state index is 13.1. The number of hydrogen-bond acceptors (Lipinski definition) is 8. The lowest BCUT2D eigenvalue weighted by Crippen LogP contribution is -2.08. The van der Waals surface area contributed by atoms with Crippen molar-refractivity contribution in [3.63, 3.8) is 0 Å². The highest BCUT2D eigenvalue weighted by molar-refractivity contribution is 5.90. The summed E-state index contributed by atoms with van der Waals surface area (Å²) >= 11 is 0. The second kappa shape index (κ2) is 9.30. The van der Waals surface area contributed by atoms with Crippen molar-refractivity contribution >= 4 is 11.7 Å². The summed E-state index contributed by atoms with van der Waals surface area (Å²) in [5.74, 6) is -0.621. The fraction of sp³-hybridized carbons (Fsp3) is 0.136. The highest BCUT2D eigenvalue weighted by Gasteiger charge is 2.21. The van der Waals surface area contributed by atoms with E-state index in [9.17, 15) is 19.3 Å². The number of nitro benzene ring substituents is 1. The topological polar surface area (TPSA) is 123 Å². The predicted molar refractivity (Wildman–Crippen MR) is 112 cm³/mol. The van der Waals surface area contributed by atoms with Crippen molar-refractivity contribution < 1.29 is 28.0 Å². The molecule has 2 aromatic carbocycles. The number of benzene rings is 2. The molecule has 0 unspecified atom stereocenters. The van der Waals surface area contributed by atoms with Crippen LogP contribution in [0.2, 0.25) is 0 Å². The Balaban J connectivity index is 1.55. The number of hydrogen-bond donors (Lipinski definition) is 0. The van der Waals surface area contributed by atoms with Gasteiger partial charge in [-0.2, -0.15) is 5.10 Å². The van der Waals surface area contributed by atoms with E-state index in [1.54, 1.807) is 19.1 Å². The molecule has 2 heterocycles. The number of nitrogens with zero attached hydrogens (tertiary/aromatic N) is 4. The molecule has 0 fully saturated rings. The van der Waals surface area contributed by atoms with Gasteiger partial charge in [-0.15, -0.1) is 0 Å². The average Bonchev–Trinajstić information content (AvgIpc) is 3.46. The lowest BCUT2D eigenvalue weighted by molar-refractivity contribution is -0.384. The van der Waals surface area contributed by atoms with E-state index in [-0.39, 0.29) is 36.2 Å². The standard InChI is InChI=1S/C22H17FN4O6/c1-2-31-22(28)20-19(11-26(25-20)17-7-9-18(10-8-17)27(29)30)32-12-16-13-33-21(24-16)14-3-5-15(23)6-4-14/h3-11,13H,2,12H2,1H3. The maximum Gasteiger partial charge on any atom is 0.362 e. The number of halogens is 1. The van der Waals surface area contributed by atoms with Crippen LogP contribution in [0.3, 0.4) is 0 Å². The summed E-state index contributed by atoms with van der Waals surface area (Å²) in [7, 11) is 0. The Labute approximate surface area is 186 Å². The zero-order valence-corrected chi connectivity index (χ0v) is 17.3. The van der Waals surface area contributed by atoms with E-state index in [0.29, 0.717) is 22.8 Å². The van der Waals surface area contributed by atoms with E-state index >= 15 is 0 Å². The summed E-state index contributed by atoms with van der Waals surface area (Å²) in [5.41, 5.74) is 1.39. The first-order valence-corrected chi connectivity index (χ1v) is 9.79. The first-order chi connectivity index (χ1) is 15.9. The van der Waals surface area contributed by atoms with Gasteiger partial charge in [0.2, 0.25) is 11.6 Å². The number of nitro groups is 1. The molecule has 0 atom stereocenters. The molecule has 0 saturated carbocycles. The van der Waals surface area contributed by atoms with Gasteiger partial charge in [-0.05, 0) is 43.3 Å². The van der Waals surface area contributed by atoms with Crippen LogP contribution in [-0.4, -0.2) is 32.3 Å². The van der Waals surface area contributed by atoms with Gasteiger partial charge in [0.25, 0.3) is 5.69 Å². The SMILES string of the molecule is CCOC(=O)c1nn(-c2ccc([N+](=O)[O-])cc2)cc1OCc1coc(-c2ccc(F)cc2)n1. The molecule has 33 heavy (non-hydrogen) atoms. The van der Waals surface area contributed by atoms with Gasteiger partial charge in [-0.3, -0.25) is 10.1 Å². The van der Waals surface area contributed by atoms with Gasteiger partial charge in [0.05, 0.1) is 23.4 Å². The van der Waals surface area contributed by atoms with Crippen LogP contribution >= 0.6 is 0 Å². The summed E-state index contributed by atoms with van der Waals surface area (Å²) in [6.07, 6.45) is 2.86. The average molecular weight is 452 g/mol. The first kappa shape index (κ1) is 21.7. The number of carbonyl (C=O) groups excluding carboxylic acids is 1. The van der Waals surface area contributed by atoms with E-state index in [1.165, 1.54) is 53.5 Å². The van der Waals surface area contributed by atoms with Crippen LogP contribution in [0.25, 0.3) is 17.1 Å². The number of esters is 1. The molecule has 10 nitrogen and oxygen atoms in total. The van der Waals surface area contributed by atoms with E-state index < -0.39 is 10.9 Å². The third-order valence-electron chi connectivity index (χ3n) is 4.49. The molecule has 0 spiro atoms. The van der Waals surface area contributed by atoms with Crippen LogP contribution in [0.4, 0.5) is 10.1 Å². The number of oxazole rings is 1. The quantitative estimate of drug-likeness (QED) is 0.220. The normalized spacial score (nSPS) is 10.7. The van der Waals surface area contributed by atoms with Crippen LogP contribution in [-0.2, 0) is 11.3 Å². The van der Waals surface area contributed by atoms with Crippen LogP contribution in [0, 0.1) is 15.9 Å². The lowest BCUT2D eigenvalue weighted by atomic mass is 10.2. The molecule has 4 aromatic rings. The molecule has 0 radical (unpaired) electrons. The van der Waals surface area contributed by atoms with Gasteiger partial charge in [0.1, 0.15) is 24.4 Å². The minimum Gasteiger partial charge on any atom is -0.483 e. The fourth-order valence-corrected chi connectivity index (χ4v) is 2.91. The molecule has 2 aromatic heterocycles. The predicted octanol–water partition coefficient (Wildman–Crippen LogP) is 4.33. The van der Waals surface area contributed by atoms with E-state index in [1.807, 2.05) is 0 Å². The van der Waals surface area contributed by atoms with E-state index in [4.69, 9.17) is 13.9 Å². The third-order valence-corrected chi connectivity index (χ3v) is 4.49. The largest absolute Gasteiger partial charge is 0.483 e. The van der Waals surface area contributed by atoms with Crippen molar-refractivity contribution in [2.75, 3.05) is 6.61 Å². The summed E-state index contributed by atoms with van der Waals surface area (Å²) in [5, 5.41) is 15.1. The molecule has 0 N–H and O–H groups in total. The number of non-ortho nitro benzene ring substituents is 1.